The number of hydrogen-bond donors (Lipinski definition) is 2. The van der Waals surface area contributed by atoms with Crippen molar-refractivity contribution in [2.24, 2.45) is 5.73 Å². The van der Waals surface area contributed by atoms with Crippen molar-refractivity contribution in [2.45, 2.75) is 19.9 Å². The highest BCUT2D eigenvalue weighted by molar-refractivity contribution is 9.10. The van der Waals surface area contributed by atoms with Crippen LogP contribution < -0.4 is 5.73 Å². The van der Waals surface area contributed by atoms with Crippen LogP contribution in [0.25, 0.3) is 0 Å². The number of benzene rings is 1. The van der Waals surface area contributed by atoms with E-state index in [1.807, 2.05) is 26.0 Å². The van der Waals surface area contributed by atoms with Gasteiger partial charge in [-0.2, -0.15) is 0 Å². The van der Waals surface area contributed by atoms with E-state index in [-0.39, 0.29) is 12.6 Å². The Kier molecular flexibility index (Phi) is 3.47. The average molecular weight is 244 g/mol. The van der Waals surface area contributed by atoms with Crippen molar-refractivity contribution in [3.63, 3.8) is 0 Å². The van der Waals surface area contributed by atoms with Crippen molar-refractivity contribution in [3.8, 4) is 0 Å². The second-order valence-corrected chi connectivity index (χ2v) is 4.14. The first-order chi connectivity index (χ1) is 6.06. The molecular weight excluding hydrogens is 230 g/mol. The smallest absolute Gasteiger partial charge is 0.0624 e. The number of rotatable bonds is 2. The molecule has 0 radical (unpaired) electrons. The summed E-state index contributed by atoms with van der Waals surface area (Å²) in [7, 11) is 0. The van der Waals surface area contributed by atoms with Gasteiger partial charge in [-0.3, -0.25) is 0 Å². The summed E-state index contributed by atoms with van der Waals surface area (Å²) in [6.07, 6.45) is 0. The van der Waals surface area contributed by atoms with Crippen molar-refractivity contribution in [2.75, 3.05) is 6.61 Å². The summed E-state index contributed by atoms with van der Waals surface area (Å²) >= 11 is 3.41. The lowest BCUT2D eigenvalue weighted by Crippen LogP contribution is -2.16. The molecule has 0 fully saturated rings. The minimum absolute atomic E-state index is 0.0171. The zero-order valence-electron chi connectivity index (χ0n) is 7.84. The molecule has 1 atom stereocenters. The van der Waals surface area contributed by atoms with Crippen LogP contribution in [0.3, 0.4) is 0 Å². The second-order valence-electron chi connectivity index (χ2n) is 3.23. The van der Waals surface area contributed by atoms with E-state index in [0.717, 1.165) is 15.6 Å². The molecule has 0 aliphatic heterocycles. The maximum Gasteiger partial charge on any atom is 0.0624 e. The van der Waals surface area contributed by atoms with E-state index in [1.165, 1.54) is 5.56 Å². The van der Waals surface area contributed by atoms with Gasteiger partial charge < -0.3 is 10.8 Å². The third-order valence-electron chi connectivity index (χ3n) is 2.27. The highest BCUT2D eigenvalue weighted by atomic mass is 79.9. The predicted octanol–water partition coefficient (Wildman–Crippen LogP) is 2.06. The molecule has 0 bridgehead atoms. The first-order valence-electron chi connectivity index (χ1n) is 4.19. The molecule has 72 valence electrons. The number of halogens is 1. The molecule has 3 heteroatoms. The Balaban J connectivity index is 3.20. The highest BCUT2D eigenvalue weighted by Gasteiger charge is 2.09. The molecule has 1 aromatic rings. The van der Waals surface area contributed by atoms with Crippen LogP contribution in [0.1, 0.15) is 22.7 Å². The van der Waals surface area contributed by atoms with E-state index >= 15 is 0 Å². The lowest BCUT2D eigenvalue weighted by Gasteiger charge is -2.14. The quantitative estimate of drug-likeness (QED) is 0.836. The molecule has 1 rings (SSSR count). The van der Waals surface area contributed by atoms with Crippen molar-refractivity contribution in [3.05, 3.63) is 33.3 Å². The largest absolute Gasteiger partial charge is 0.394 e. The van der Waals surface area contributed by atoms with Gasteiger partial charge in [-0.1, -0.05) is 15.9 Å². The molecule has 2 nitrogen and oxygen atoms in total. The summed E-state index contributed by atoms with van der Waals surface area (Å²) in [6.45, 7) is 4.04. The lowest BCUT2D eigenvalue weighted by molar-refractivity contribution is 0.267. The Labute approximate surface area is 86.9 Å². The van der Waals surface area contributed by atoms with Gasteiger partial charge in [0.25, 0.3) is 0 Å². The molecule has 0 saturated carbocycles. The van der Waals surface area contributed by atoms with Crippen molar-refractivity contribution >= 4 is 15.9 Å². The Hall–Kier alpha value is -0.380. The van der Waals surface area contributed by atoms with E-state index in [2.05, 4.69) is 15.9 Å². The normalized spacial score (nSPS) is 13.0. The van der Waals surface area contributed by atoms with Crippen LogP contribution >= 0.6 is 15.9 Å². The van der Waals surface area contributed by atoms with Crippen LogP contribution in [0.15, 0.2) is 16.6 Å². The maximum atomic E-state index is 8.95. The van der Waals surface area contributed by atoms with Gasteiger partial charge in [-0.15, -0.1) is 0 Å². The molecule has 0 saturated heterocycles. The van der Waals surface area contributed by atoms with Gasteiger partial charge in [0.15, 0.2) is 0 Å². The number of aryl methyl sites for hydroxylation is 1. The van der Waals surface area contributed by atoms with E-state index in [1.54, 1.807) is 0 Å². The lowest BCUT2D eigenvalue weighted by atomic mass is 9.98. The minimum atomic E-state index is -0.281. The number of nitrogens with two attached hydrogens (primary N) is 1. The van der Waals surface area contributed by atoms with Crippen LogP contribution in [0.4, 0.5) is 0 Å². The molecule has 1 aromatic carbocycles. The van der Waals surface area contributed by atoms with Crippen molar-refractivity contribution < 1.29 is 5.11 Å². The number of hydrogen-bond acceptors (Lipinski definition) is 2. The SMILES string of the molecule is Cc1cc(Br)cc(C(N)CO)c1C. The van der Waals surface area contributed by atoms with Crippen LogP contribution in [0.2, 0.25) is 0 Å². The monoisotopic (exact) mass is 243 g/mol. The van der Waals surface area contributed by atoms with Gasteiger partial charge in [-0.25, -0.2) is 0 Å². The zero-order chi connectivity index (χ0) is 10.0. The minimum Gasteiger partial charge on any atom is -0.394 e. The second kappa shape index (κ2) is 4.22. The summed E-state index contributed by atoms with van der Waals surface area (Å²) in [4.78, 5) is 0. The van der Waals surface area contributed by atoms with Crippen molar-refractivity contribution in [1.82, 2.24) is 0 Å². The van der Waals surface area contributed by atoms with E-state index < -0.39 is 0 Å². The molecular formula is C10H14BrNO. The van der Waals surface area contributed by atoms with Crippen molar-refractivity contribution in [1.29, 1.82) is 0 Å². The number of aliphatic hydroxyl groups excluding tert-OH is 1. The van der Waals surface area contributed by atoms with Crippen LogP contribution in [0, 0.1) is 13.8 Å². The summed E-state index contributed by atoms with van der Waals surface area (Å²) < 4.78 is 1.01. The van der Waals surface area contributed by atoms with E-state index in [0.29, 0.717) is 0 Å². The molecule has 0 aliphatic rings. The first-order valence-corrected chi connectivity index (χ1v) is 4.98. The average Bonchev–Trinajstić information content (AvgIpc) is 2.10. The van der Waals surface area contributed by atoms with Crippen LogP contribution in [-0.4, -0.2) is 11.7 Å². The van der Waals surface area contributed by atoms with Crippen LogP contribution in [0.5, 0.6) is 0 Å². The Morgan fingerprint density at radius 1 is 1.46 bits per heavy atom. The third-order valence-corrected chi connectivity index (χ3v) is 2.73. The van der Waals surface area contributed by atoms with E-state index in [4.69, 9.17) is 10.8 Å². The molecule has 0 heterocycles. The summed E-state index contributed by atoms with van der Waals surface area (Å²) in [6, 6.07) is 3.72. The number of aliphatic hydroxyl groups is 1. The van der Waals surface area contributed by atoms with Gasteiger partial charge >= 0.3 is 0 Å². The Morgan fingerprint density at radius 2 is 2.08 bits per heavy atom. The van der Waals surface area contributed by atoms with Gasteiger partial charge in [0, 0.05) is 4.47 Å². The fourth-order valence-corrected chi connectivity index (χ4v) is 1.91. The Bertz CT molecular complexity index is 312. The summed E-state index contributed by atoms with van der Waals surface area (Å²) in [5.74, 6) is 0. The summed E-state index contributed by atoms with van der Waals surface area (Å²) in [5, 5.41) is 8.95. The van der Waals surface area contributed by atoms with Crippen LogP contribution in [-0.2, 0) is 0 Å². The molecule has 0 aliphatic carbocycles. The third kappa shape index (κ3) is 2.30. The maximum absolute atomic E-state index is 8.95. The Morgan fingerprint density at radius 3 is 2.62 bits per heavy atom. The molecule has 0 spiro atoms. The van der Waals surface area contributed by atoms with E-state index in [9.17, 15) is 0 Å². The zero-order valence-corrected chi connectivity index (χ0v) is 9.43. The van der Waals surface area contributed by atoms with Gasteiger partial charge in [0.05, 0.1) is 12.6 Å². The molecule has 13 heavy (non-hydrogen) atoms. The first kappa shape index (κ1) is 10.7. The molecule has 0 amide bonds. The fourth-order valence-electron chi connectivity index (χ4n) is 1.32. The van der Waals surface area contributed by atoms with Gasteiger partial charge in [0.1, 0.15) is 0 Å². The fraction of sp³-hybridized carbons (Fsp3) is 0.400. The predicted molar refractivity (Wildman–Crippen MR) is 57.6 cm³/mol. The molecule has 0 aromatic heterocycles. The highest BCUT2D eigenvalue weighted by Crippen LogP contribution is 2.24. The van der Waals surface area contributed by atoms with Gasteiger partial charge in [0.2, 0.25) is 0 Å². The molecule has 1 unspecified atom stereocenters. The summed E-state index contributed by atoms with van der Waals surface area (Å²) in [5.41, 5.74) is 9.12. The topological polar surface area (TPSA) is 46.2 Å². The standard InChI is InChI=1S/C10H14BrNO/c1-6-3-8(11)4-9(7(6)2)10(12)5-13/h3-4,10,13H,5,12H2,1-2H3. The van der Waals surface area contributed by atoms with Gasteiger partial charge in [-0.05, 0) is 42.7 Å². The molecule has 3 N–H and O–H groups in total.